The lowest BCUT2D eigenvalue weighted by molar-refractivity contribution is 0.661. The Bertz CT molecular complexity index is 2320. The number of aromatic nitrogens is 2. The zero-order chi connectivity index (χ0) is 26.6. The van der Waals surface area contributed by atoms with E-state index in [1.165, 1.54) is 71.0 Å². The highest BCUT2D eigenvalue weighted by atomic mass is 15.1. The van der Waals surface area contributed by atoms with E-state index in [0.717, 1.165) is 11.3 Å². The molecule has 2 aromatic heterocycles. The van der Waals surface area contributed by atoms with Crippen LogP contribution in [0.3, 0.4) is 0 Å². The SMILES string of the molecule is CC1(C)c2ccccc2-c2cc3c4ccccc4n(-c4ccc5c6ccccc6c6ccccc6c5n4)c3cc21. The molecule has 0 spiro atoms. The lowest BCUT2D eigenvalue weighted by Crippen LogP contribution is -2.15. The molecule has 0 N–H and O–H groups in total. The molecule has 0 fully saturated rings. The van der Waals surface area contributed by atoms with Gasteiger partial charge in [0.05, 0.1) is 16.6 Å². The summed E-state index contributed by atoms with van der Waals surface area (Å²) >= 11 is 0. The molecule has 0 atom stereocenters. The Morgan fingerprint density at radius 2 is 1.07 bits per heavy atom. The minimum Gasteiger partial charge on any atom is -0.294 e. The van der Waals surface area contributed by atoms with Crippen molar-refractivity contribution in [1.82, 2.24) is 9.55 Å². The highest BCUT2D eigenvalue weighted by Gasteiger charge is 2.36. The fraction of sp³-hybridized carbons (Fsp3) is 0.0789. The molecule has 1 aliphatic rings. The van der Waals surface area contributed by atoms with Crippen molar-refractivity contribution in [3.05, 3.63) is 132 Å². The second kappa shape index (κ2) is 7.58. The lowest BCUT2D eigenvalue weighted by Gasteiger charge is -2.21. The third-order valence-corrected chi connectivity index (χ3v) is 9.18. The minimum absolute atomic E-state index is 0.0622. The van der Waals surface area contributed by atoms with E-state index in [1.807, 2.05) is 0 Å². The molecule has 1 aliphatic carbocycles. The normalized spacial score (nSPS) is 13.9. The molecule has 9 rings (SSSR count). The summed E-state index contributed by atoms with van der Waals surface area (Å²) < 4.78 is 2.37. The van der Waals surface area contributed by atoms with Gasteiger partial charge in [0, 0.05) is 27.0 Å². The summed E-state index contributed by atoms with van der Waals surface area (Å²) in [6.07, 6.45) is 0. The van der Waals surface area contributed by atoms with Gasteiger partial charge in [-0.1, -0.05) is 105 Å². The van der Waals surface area contributed by atoms with Gasteiger partial charge in [-0.3, -0.25) is 4.57 Å². The molecular weight excluding hydrogens is 484 g/mol. The van der Waals surface area contributed by atoms with Gasteiger partial charge in [0.15, 0.2) is 0 Å². The van der Waals surface area contributed by atoms with Crippen LogP contribution in [-0.4, -0.2) is 9.55 Å². The summed E-state index contributed by atoms with van der Waals surface area (Å²) in [6, 6.07) is 44.3. The monoisotopic (exact) mass is 510 g/mol. The van der Waals surface area contributed by atoms with Gasteiger partial charge in [-0.2, -0.15) is 0 Å². The van der Waals surface area contributed by atoms with Crippen LogP contribution in [0.4, 0.5) is 0 Å². The van der Waals surface area contributed by atoms with Crippen LogP contribution in [0.5, 0.6) is 0 Å². The average molecular weight is 511 g/mol. The van der Waals surface area contributed by atoms with Crippen LogP contribution in [0.25, 0.3) is 71.2 Å². The third-order valence-electron chi connectivity index (χ3n) is 9.18. The Morgan fingerprint density at radius 1 is 0.475 bits per heavy atom. The van der Waals surface area contributed by atoms with Gasteiger partial charge in [-0.05, 0) is 68.7 Å². The molecule has 6 aromatic carbocycles. The Hall–Kier alpha value is -4.95. The summed E-state index contributed by atoms with van der Waals surface area (Å²) in [7, 11) is 0. The van der Waals surface area contributed by atoms with Gasteiger partial charge < -0.3 is 0 Å². The lowest BCUT2D eigenvalue weighted by atomic mass is 9.82. The van der Waals surface area contributed by atoms with Crippen LogP contribution in [-0.2, 0) is 5.41 Å². The van der Waals surface area contributed by atoms with Gasteiger partial charge in [0.2, 0.25) is 0 Å². The van der Waals surface area contributed by atoms with Gasteiger partial charge in [0.1, 0.15) is 5.82 Å². The smallest absolute Gasteiger partial charge is 0.138 e. The first-order valence-corrected chi connectivity index (χ1v) is 14.0. The molecule has 0 saturated carbocycles. The van der Waals surface area contributed by atoms with Crippen molar-refractivity contribution in [2.24, 2.45) is 0 Å². The number of hydrogen-bond donors (Lipinski definition) is 0. The molecule has 8 aromatic rings. The number of para-hydroxylation sites is 1. The maximum atomic E-state index is 5.43. The van der Waals surface area contributed by atoms with E-state index in [1.54, 1.807) is 0 Å². The molecule has 0 radical (unpaired) electrons. The zero-order valence-electron chi connectivity index (χ0n) is 22.4. The van der Waals surface area contributed by atoms with E-state index in [0.29, 0.717) is 0 Å². The fourth-order valence-corrected chi connectivity index (χ4v) is 7.28. The molecule has 0 aliphatic heterocycles. The predicted octanol–water partition coefficient (Wildman–Crippen LogP) is 9.94. The number of nitrogens with zero attached hydrogens (tertiary/aromatic N) is 2. The Kier molecular flexibility index (Phi) is 4.15. The number of benzene rings is 6. The second-order valence-corrected chi connectivity index (χ2v) is 11.6. The number of rotatable bonds is 1. The molecular formula is C38H26N2. The summed E-state index contributed by atoms with van der Waals surface area (Å²) in [5, 5.41) is 8.67. The largest absolute Gasteiger partial charge is 0.294 e. The highest BCUT2D eigenvalue weighted by Crippen LogP contribution is 2.51. The quantitative estimate of drug-likeness (QED) is 0.201. The predicted molar refractivity (Wildman–Crippen MR) is 169 cm³/mol. The first-order valence-electron chi connectivity index (χ1n) is 14.0. The summed E-state index contributed by atoms with van der Waals surface area (Å²) in [4.78, 5) is 5.43. The average Bonchev–Trinajstić information content (AvgIpc) is 3.45. The van der Waals surface area contributed by atoms with Crippen molar-refractivity contribution in [2.45, 2.75) is 19.3 Å². The van der Waals surface area contributed by atoms with Crippen molar-refractivity contribution >= 4 is 54.3 Å². The molecule has 0 amide bonds. The van der Waals surface area contributed by atoms with Gasteiger partial charge in [0.25, 0.3) is 0 Å². The van der Waals surface area contributed by atoms with Crippen molar-refractivity contribution in [3.8, 4) is 16.9 Å². The number of hydrogen-bond acceptors (Lipinski definition) is 1. The Morgan fingerprint density at radius 3 is 1.85 bits per heavy atom. The van der Waals surface area contributed by atoms with Crippen LogP contribution in [0, 0.1) is 0 Å². The van der Waals surface area contributed by atoms with Crippen molar-refractivity contribution in [3.63, 3.8) is 0 Å². The standard InChI is InChI=1S/C38H26N2/c1-38(2)32-17-9-7-14-26(32)30-21-31-27-15-8-10-18-34(27)40(35(31)22-33(30)38)36-20-19-29-25-13-4-3-11-23(25)24-12-5-6-16-28(24)37(29)39-36/h3-22H,1-2H3. The van der Waals surface area contributed by atoms with Crippen molar-refractivity contribution < 1.29 is 0 Å². The summed E-state index contributed by atoms with van der Waals surface area (Å²) in [5.41, 5.74) is 8.85. The van der Waals surface area contributed by atoms with E-state index in [4.69, 9.17) is 4.98 Å². The summed E-state index contributed by atoms with van der Waals surface area (Å²) in [5.74, 6) is 0.951. The molecule has 0 saturated heterocycles. The van der Waals surface area contributed by atoms with E-state index in [-0.39, 0.29) is 5.41 Å². The molecule has 0 bridgehead atoms. The van der Waals surface area contributed by atoms with Crippen LogP contribution in [0.2, 0.25) is 0 Å². The third kappa shape index (κ3) is 2.70. The second-order valence-electron chi connectivity index (χ2n) is 11.6. The maximum absolute atomic E-state index is 5.43. The van der Waals surface area contributed by atoms with Gasteiger partial charge in [-0.25, -0.2) is 4.98 Å². The van der Waals surface area contributed by atoms with Crippen molar-refractivity contribution in [1.29, 1.82) is 0 Å². The molecule has 2 nitrogen and oxygen atoms in total. The first kappa shape index (κ1) is 21.9. The molecule has 2 heterocycles. The van der Waals surface area contributed by atoms with Crippen LogP contribution in [0.15, 0.2) is 121 Å². The fourth-order valence-electron chi connectivity index (χ4n) is 7.28. The van der Waals surface area contributed by atoms with Crippen LogP contribution in [0.1, 0.15) is 25.0 Å². The minimum atomic E-state index is -0.0622. The van der Waals surface area contributed by atoms with Crippen molar-refractivity contribution in [2.75, 3.05) is 0 Å². The van der Waals surface area contributed by atoms with E-state index in [9.17, 15) is 0 Å². The van der Waals surface area contributed by atoms with Gasteiger partial charge in [-0.15, -0.1) is 0 Å². The summed E-state index contributed by atoms with van der Waals surface area (Å²) in [6.45, 7) is 4.70. The van der Waals surface area contributed by atoms with E-state index < -0.39 is 0 Å². The van der Waals surface area contributed by atoms with Crippen LogP contribution < -0.4 is 0 Å². The number of pyridine rings is 1. The molecule has 188 valence electrons. The highest BCUT2D eigenvalue weighted by molar-refractivity contribution is 6.24. The molecule has 40 heavy (non-hydrogen) atoms. The van der Waals surface area contributed by atoms with E-state index >= 15 is 0 Å². The Labute approximate surface area is 232 Å². The van der Waals surface area contributed by atoms with E-state index in [2.05, 4.69) is 140 Å². The zero-order valence-corrected chi connectivity index (χ0v) is 22.4. The Balaban J connectivity index is 1.41. The molecule has 2 heteroatoms. The maximum Gasteiger partial charge on any atom is 0.138 e. The molecule has 0 unspecified atom stereocenters. The number of fused-ring (bicyclic) bond motifs is 12. The first-order chi connectivity index (χ1) is 19.6. The van der Waals surface area contributed by atoms with Crippen LogP contribution >= 0.6 is 0 Å². The van der Waals surface area contributed by atoms with Gasteiger partial charge >= 0.3 is 0 Å². The topological polar surface area (TPSA) is 17.8 Å².